The van der Waals surface area contributed by atoms with Gasteiger partial charge in [-0.25, -0.2) is 0 Å². The maximum absolute atomic E-state index is 12.9. The summed E-state index contributed by atoms with van der Waals surface area (Å²) in [4.78, 5) is 51.3. The highest BCUT2D eigenvalue weighted by molar-refractivity contribution is 9.10. The molecule has 0 bridgehead atoms. The third-order valence-electron chi connectivity index (χ3n) is 5.61. The van der Waals surface area contributed by atoms with E-state index in [0.717, 1.165) is 21.1 Å². The molecule has 10 nitrogen and oxygen atoms in total. The number of carbonyl (C=O) groups is 4. The van der Waals surface area contributed by atoms with Crippen molar-refractivity contribution in [3.8, 4) is 17.2 Å². The van der Waals surface area contributed by atoms with E-state index in [1.54, 1.807) is 60.7 Å². The van der Waals surface area contributed by atoms with Crippen molar-refractivity contribution in [2.45, 2.75) is 6.92 Å². The van der Waals surface area contributed by atoms with Gasteiger partial charge in [0.2, 0.25) is 5.91 Å². The summed E-state index contributed by atoms with van der Waals surface area (Å²) in [7, 11) is 1.45. The van der Waals surface area contributed by atoms with Crippen molar-refractivity contribution >= 4 is 68.1 Å². The van der Waals surface area contributed by atoms with E-state index in [2.05, 4.69) is 26.6 Å². The second-order valence-corrected chi connectivity index (χ2v) is 10.4. The SMILES string of the molecule is CCOc1ccccc1NC(=O)COc1ccc(/C=C2/SC(=O)N(CC(=O)Nc3ccc(Br)cc3)C2=O)cc1OC. The molecule has 4 rings (SSSR count). The quantitative estimate of drug-likeness (QED) is 0.262. The Labute approximate surface area is 249 Å². The smallest absolute Gasteiger partial charge is 0.294 e. The van der Waals surface area contributed by atoms with Crippen LogP contribution in [-0.2, 0) is 14.4 Å². The first-order valence-corrected chi connectivity index (χ1v) is 14.0. The van der Waals surface area contributed by atoms with E-state index in [-0.39, 0.29) is 17.4 Å². The summed E-state index contributed by atoms with van der Waals surface area (Å²) in [6.07, 6.45) is 1.53. The van der Waals surface area contributed by atoms with Gasteiger partial charge in [0.15, 0.2) is 18.1 Å². The van der Waals surface area contributed by atoms with Crippen LogP contribution in [0, 0.1) is 0 Å². The minimum atomic E-state index is -0.575. The lowest BCUT2D eigenvalue weighted by molar-refractivity contribution is -0.127. The zero-order chi connectivity index (χ0) is 29.4. The molecular weight excluding hydrogens is 614 g/mol. The molecule has 1 aliphatic heterocycles. The van der Waals surface area contributed by atoms with Gasteiger partial charge in [0.05, 0.1) is 24.3 Å². The van der Waals surface area contributed by atoms with E-state index in [1.807, 2.05) is 13.0 Å². The van der Waals surface area contributed by atoms with Crippen LogP contribution in [0.25, 0.3) is 6.08 Å². The Hall–Kier alpha value is -4.29. The molecule has 3 aromatic rings. The number of nitrogens with one attached hydrogen (secondary N) is 2. The number of nitrogens with zero attached hydrogens (tertiary/aromatic N) is 1. The number of rotatable bonds is 11. The van der Waals surface area contributed by atoms with Crippen LogP contribution < -0.4 is 24.8 Å². The largest absolute Gasteiger partial charge is 0.493 e. The fourth-order valence-electron chi connectivity index (χ4n) is 3.74. The standard InChI is InChI=1S/C29H26BrN3O7S/c1-3-39-22-7-5-4-6-21(22)32-27(35)17-40-23-13-8-18(14-24(23)38-2)15-25-28(36)33(29(37)41-25)16-26(34)31-20-11-9-19(30)10-12-20/h4-15H,3,16-17H2,1-2H3,(H,31,34)(H,32,35)/b25-15+. The highest BCUT2D eigenvalue weighted by Crippen LogP contribution is 2.34. The molecule has 1 aliphatic rings. The van der Waals surface area contributed by atoms with Crippen molar-refractivity contribution in [1.82, 2.24) is 4.90 Å². The van der Waals surface area contributed by atoms with Crippen LogP contribution in [0.2, 0.25) is 0 Å². The Morgan fingerprint density at radius 3 is 2.41 bits per heavy atom. The van der Waals surface area contributed by atoms with E-state index in [1.165, 1.54) is 13.2 Å². The molecule has 12 heteroatoms. The Bertz CT molecular complexity index is 1490. The first-order valence-electron chi connectivity index (χ1n) is 12.4. The highest BCUT2D eigenvalue weighted by atomic mass is 79.9. The number of halogens is 1. The van der Waals surface area contributed by atoms with Crippen molar-refractivity contribution in [3.63, 3.8) is 0 Å². The second kappa shape index (κ2) is 13.9. The zero-order valence-corrected chi connectivity index (χ0v) is 24.5. The second-order valence-electron chi connectivity index (χ2n) is 8.50. The highest BCUT2D eigenvalue weighted by Gasteiger charge is 2.36. The van der Waals surface area contributed by atoms with Crippen LogP contribution in [0.15, 0.2) is 76.1 Å². The van der Waals surface area contributed by atoms with Gasteiger partial charge in [0.1, 0.15) is 12.3 Å². The molecule has 0 aromatic heterocycles. The average Bonchev–Trinajstić information content (AvgIpc) is 3.21. The first-order chi connectivity index (χ1) is 19.8. The summed E-state index contributed by atoms with van der Waals surface area (Å²) in [5.41, 5.74) is 1.64. The van der Waals surface area contributed by atoms with Crippen molar-refractivity contribution in [1.29, 1.82) is 0 Å². The average molecular weight is 641 g/mol. The summed E-state index contributed by atoms with van der Waals surface area (Å²) in [5.74, 6) is -0.259. The number of para-hydroxylation sites is 2. The van der Waals surface area contributed by atoms with Crippen molar-refractivity contribution in [2.75, 3.05) is 37.5 Å². The number of hydrogen-bond donors (Lipinski definition) is 2. The molecule has 0 aliphatic carbocycles. The maximum atomic E-state index is 12.9. The number of anilines is 2. The molecule has 1 saturated heterocycles. The van der Waals surface area contributed by atoms with Gasteiger partial charge in [-0.2, -0.15) is 0 Å². The molecule has 0 atom stereocenters. The Morgan fingerprint density at radius 2 is 1.68 bits per heavy atom. The van der Waals surface area contributed by atoms with Crippen LogP contribution >= 0.6 is 27.7 Å². The van der Waals surface area contributed by atoms with Crippen LogP contribution in [0.3, 0.4) is 0 Å². The Balaban J connectivity index is 1.37. The maximum Gasteiger partial charge on any atom is 0.294 e. The van der Waals surface area contributed by atoms with E-state index < -0.39 is 23.6 Å². The van der Waals surface area contributed by atoms with Gasteiger partial charge in [0.25, 0.3) is 17.1 Å². The summed E-state index contributed by atoms with van der Waals surface area (Å²) in [6.45, 7) is 1.62. The van der Waals surface area contributed by atoms with Crippen LogP contribution in [0.4, 0.5) is 16.2 Å². The van der Waals surface area contributed by atoms with Gasteiger partial charge in [-0.3, -0.25) is 24.1 Å². The van der Waals surface area contributed by atoms with Crippen molar-refractivity contribution < 1.29 is 33.4 Å². The zero-order valence-electron chi connectivity index (χ0n) is 22.1. The number of ether oxygens (including phenoxy) is 3. The van der Waals surface area contributed by atoms with E-state index in [9.17, 15) is 19.2 Å². The summed E-state index contributed by atoms with van der Waals surface area (Å²) < 4.78 is 17.4. The summed E-state index contributed by atoms with van der Waals surface area (Å²) in [6, 6.07) is 18.9. The molecule has 0 spiro atoms. The molecule has 2 N–H and O–H groups in total. The number of thioether (sulfide) groups is 1. The Morgan fingerprint density at radius 1 is 0.927 bits per heavy atom. The predicted octanol–water partition coefficient (Wildman–Crippen LogP) is 5.55. The van der Waals surface area contributed by atoms with Crippen LogP contribution in [0.1, 0.15) is 12.5 Å². The number of imide groups is 1. The van der Waals surface area contributed by atoms with E-state index >= 15 is 0 Å². The van der Waals surface area contributed by atoms with E-state index in [4.69, 9.17) is 14.2 Å². The van der Waals surface area contributed by atoms with Gasteiger partial charge in [0, 0.05) is 10.2 Å². The third-order valence-corrected chi connectivity index (χ3v) is 7.04. The number of carbonyl (C=O) groups excluding carboxylic acids is 4. The van der Waals surface area contributed by atoms with Gasteiger partial charge in [-0.05, 0) is 78.9 Å². The lowest BCUT2D eigenvalue weighted by atomic mass is 10.2. The Kier molecular flexibility index (Phi) is 10.0. The fourth-order valence-corrected chi connectivity index (χ4v) is 4.84. The van der Waals surface area contributed by atoms with Gasteiger partial charge < -0.3 is 24.8 Å². The summed E-state index contributed by atoms with van der Waals surface area (Å²) >= 11 is 4.06. The van der Waals surface area contributed by atoms with Crippen LogP contribution in [-0.4, -0.2) is 54.7 Å². The lowest BCUT2D eigenvalue weighted by Crippen LogP contribution is -2.36. The monoisotopic (exact) mass is 639 g/mol. The van der Waals surface area contributed by atoms with Crippen molar-refractivity contribution in [2.24, 2.45) is 0 Å². The molecule has 0 radical (unpaired) electrons. The lowest BCUT2D eigenvalue weighted by Gasteiger charge is -2.13. The molecule has 41 heavy (non-hydrogen) atoms. The normalized spacial score (nSPS) is 13.7. The van der Waals surface area contributed by atoms with E-state index in [0.29, 0.717) is 40.8 Å². The number of methoxy groups -OCH3 is 1. The number of amides is 4. The first kappa shape index (κ1) is 29.7. The molecule has 1 heterocycles. The molecule has 4 amide bonds. The molecule has 3 aromatic carbocycles. The molecular formula is C29H26BrN3O7S. The van der Waals surface area contributed by atoms with Crippen LogP contribution in [0.5, 0.6) is 17.2 Å². The predicted molar refractivity (Wildman–Crippen MR) is 160 cm³/mol. The molecule has 0 unspecified atom stereocenters. The minimum absolute atomic E-state index is 0.162. The van der Waals surface area contributed by atoms with Gasteiger partial charge in [-0.1, -0.05) is 34.1 Å². The summed E-state index contributed by atoms with van der Waals surface area (Å²) in [5, 5.41) is 4.88. The topological polar surface area (TPSA) is 123 Å². The third kappa shape index (κ3) is 7.89. The number of hydrogen-bond acceptors (Lipinski definition) is 8. The molecule has 1 fully saturated rings. The molecule has 212 valence electrons. The van der Waals surface area contributed by atoms with Crippen molar-refractivity contribution in [3.05, 3.63) is 81.7 Å². The fraction of sp³-hybridized carbons (Fsp3) is 0.172. The van der Waals surface area contributed by atoms with Gasteiger partial charge in [-0.15, -0.1) is 0 Å². The minimum Gasteiger partial charge on any atom is -0.493 e. The molecule has 0 saturated carbocycles. The van der Waals surface area contributed by atoms with Gasteiger partial charge >= 0.3 is 0 Å². The number of benzene rings is 3.